The molecule has 3 rings (SSSR count). The standard InChI is InChI=1S/C24H20O6/c1-16(25)13-17-14-20(29-23(26)18-9-5-3-6-10-18)22(28-2)21(15-17)30-24(27)19-11-7-4-8-12-19/h3-12,14-15H,13H2,1-2H3. The Kier molecular flexibility index (Phi) is 6.60. The largest absolute Gasteiger partial charge is 0.490 e. The van der Waals surface area contributed by atoms with Crippen molar-refractivity contribution in [3.63, 3.8) is 0 Å². The van der Waals surface area contributed by atoms with Crippen molar-refractivity contribution in [2.45, 2.75) is 13.3 Å². The highest BCUT2D eigenvalue weighted by molar-refractivity contribution is 5.93. The minimum atomic E-state index is -0.603. The second-order valence-electron chi connectivity index (χ2n) is 6.52. The Morgan fingerprint density at radius 3 is 1.53 bits per heavy atom. The van der Waals surface area contributed by atoms with Crippen molar-refractivity contribution in [3.05, 3.63) is 89.5 Å². The van der Waals surface area contributed by atoms with Crippen LogP contribution < -0.4 is 14.2 Å². The number of carbonyl (C=O) groups excluding carboxylic acids is 3. The highest BCUT2D eigenvalue weighted by Crippen LogP contribution is 2.39. The van der Waals surface area contributed by atoms with Gasteiger partial charge in [-0.3, -0.25) is 4.79 Å². The average Bonchev–Trinajstić information content (AvgIpc) is 2.74. The summed E-state index contributed by atoms with van der Waals surface area (Å²) in [5.41, 5.74) is 1.22. The van der Waals surface area contributed by atoms with Crippen LogP contribution in [-0.4, -0.2) is 24.8 Å². The summed E-state index contributed by atoms with van der Waals surface area (Å²) in [5.74, 6) is -1.11. The lowest BCUT2D eigenvalue weighted by Crippen LogP contribution is -2.13. The first-order valence-electron chi connectivity index (χ1n) is 9.22. The number of esters is 2. The van der Waals surface area contributed by atoms with E-state index in [4.69, 9.17) is 14.2 Å². The summed E-state index contributed by atoms with van der Waals surface area (Å²) >= 11 is 0. The van der Waals surface area contributed by atoms with Crippen LogP contribution in [0.1, 0.15) is 33.2 Å². The fourth-order valence-electron chi connectivity index (χ4n) is 2.84. The van der Waals surface area contributed by atoms with E-state index in [9.17, 15) is 14.4 Å². The van der Waals surface area contributed by atoms with E-state index in [1.807, 2.05) is 0 Å². The zero-order valence-corrected chi connectivity index (χ0v) is 16.6. The monoisotopic (exact) mass is 404 g/mol. The lowest BCUT2D eigenvalue weighted by atomic mass is 10.1. The minimum Gasteiger partial charge on any atom is -0.490 e. The predicted molar refractivity (Wildman–Crippen MR) is 110 cm³/mol. The number of hydrogen-bond acceptors (Lipinski definition) is 6. The number of ketones is 1. The van der Waals surface area contributed by atoms with E-state index in [1.165, 1.54) is 26.2 Å². The second-order valence-corrected chi connectivity index (χ2v) is 6.52. The zero-order valence-electron chi connectivity index (χ0n) is 16.6. The second kappa shape index (κ2) is 9.52. The van der Waals surface area contributed by atoms with E-state index < -0.39 is 11.9 Å². The van der Waals surface area contributed by atoms with Crippen LogP contribution in [-0.2, 0) is 11.2 Å². The minimum absolute atomic E-state index is 0.0564. The van der Waals surface area contributed by atoms with Gasteiger partial charge >= 0.3 is 11.9 Å². The highest BCUT2D eigenvalue weighted by Gasteiger charge is 2.21. The maximum atomic E-state index is 12.5. The Hall–Kier alpha value is -3.93. The van der Waals surface area contributed by atoms with Gasteiger partial charge in [0.2, 0.25) is 5.75 Å². The van der Waals surface area contributed by atoms with Gasteiger partial charge in [0.05, 0.1) is 18.2 Å². The van der Waals surface area contributed by atoms with Crippen molar-refractivity contribution >= 4 is 17.7 Å². The SMILES string of the molecule is COc1c(OC(=O)c2ccccc2)cc(CC(C)=O)cc1OC(=O)c1ccccc1. The molecule has 3 aromatic carbocycles. The van der Waals surface area contributed by atoms with E-state index in [0.29, 0.717) is 16.7 Å². The third-order valence-corrected chi connectivity index (χ3v) is 4.16. The molecule has 0 aliphatic carbocycles. The summed E-state index contributed by atoms with van der Waals surface area (Å²) in [6, 6.07) is 19.9. The Morgan fingerprint density at radius 2 is 1.17 bits per heavy atom. The quantitative estimate of drug-likeness (QED) is 0.432. The molecule has 152 valence electrons. The first-order chi connectivity index (χ1) is 14.5. The van der Waals surface area contributed by atoms with Crippen molar-refractivity contribution in [1.29, 1.82) is 0 Å². The van der Waals surface area contributed by atoms with Gasteiger partial charge in [-0.05, 0) is 48.9 Å². The van der Waals surface area contributed by atoms with Gasteiger partial charge in [-0.1, -0.05) is 36.4 Å². The fourth-order valence-corrected chi connectivity index (χ4v) is 2.84. The number of rotatable bonds is 7. The summed E-state index contributed by atoms with van der Waals surface area (Å²) in [4.78, 5) is 36.7. The maximum Gasteiger partial charge on any atom is 0.343 e. The molecule has 0 heterocycles. The Morgan fingerprint density at radius 1 is 0.733 bits per heavy atom. The van der Waals surface area contributed by atoms with E-state index >= 15 is 0 Å². The Bertz CT molecular complexity index is 983. The summed E-state index contributed by atoms with van der Waals surface area (Å²) in [7, 11) is 1.37. The molecule has 0 fully saturated rings. The molecule has 0 aliphatic heterocycles. The van der Waals surface area contributed by atoms with Crippen LogP contribution in [0.4, 0.5) is 0 Å². The molecule has 0 N–H and O–H groups in total. The third kappa shape index (κ3) is 5.11. The molecule has 0 radical (unpaired) electrons. The van der Waals surface area contributed by atoms with E-state index in [-0.39, 0.29) is 29.5 Å². The van der Waals surface area contributed by atoms with Crippen LogP contribution in [0, 0.1) is 0 Å². The summed E-state index contributed by atoms with van der Waals surface area (Å²) in [5, 5.41) is 0. The van der Waals surface area contributed by atoms with Crippen molar-refractivity contribution in [2.75, 3.05) is 7.11 Å². The number of methoxy groups -OCH3 is 1. The van der Waals surface area contributed by atoms with Crippen molar-refractivity contribution < 1.29 is 28.6 Å². The molecule has 0 amide bonds. The highest BCUT2D eigenvalue weighted by atomic mass is 16.6. The van der Waals surface area contributed by atoms with Gasteiger partial charge in [-0.25, -0.2) is 9.59 Å². The van der Waals surface area contributed by atoms with Crippen LogP contribution in [0.25, 0.3) is 0 Å². The number of benzene rings is 3. The van der Waals surface area contributed by atoms with Crippen molar-refractivity contribution in [1.82, 2.24) is 0 Å². The van der Waals surface area contributed by atoms with Gasteiger partial charge in [0.25, 0.3) is 0 Å². The molecule has 6 nitrogen and oxygen atoms in total. The first-order valence-corrected chi connectivity index (χ1v) is 9.22. The number of carbonyl (C=O) groups is 3. The molecule has 3 aromatic rings. The summed E-state index contributed by atoms with van der Waals surface area (Å²) < 4.78 is 16.4. The molecule has 0 spiro atoms. The van der Waals surface area contributed by atoms with E-state index in [2.05, 4.69) is 0 Å². The fraction of sp³-hybridized carbons (Fsp3) is 0.125. The maximum absolute atomic E-state index is 12.5. The molecule has 6 heteroatoms. The molecule has 30 heavy (non-hydrogen) atoms. The van der Waals surface area contributed by atoms with Gasteiger partial charge in [-0.2, -0.15) is 0 Å². The van der Waals surface area contributed by atoms with Gasteiger partial charge in [-0.15, -0.1) is 0 Å². The van der Waals surface area contributed by atoms with Crippen LogP contribution in [0.3, 0.4) is 0 Å². The van der Waals surface area contributed by atoms with E-state index in [0.717, 1.165) is 0 Å². The van der Waals surface area contributed by atoms with Gasteiger partial charge in [0.15, 0.2) is 11.5 Å². The third-order valence-electron chi connectivity index (χ3n) is 4.16. The van der Waals surface area contributed by atoms with Crippen LogP contribution in [0.2, 0.25) is 0 Å². The van der Waals surface area contributed by atoms with Crippen molar-refractivity contribution in [2.24, 2.45) is 0 Å². The van der Waals surface area contributed by atoms with E-state index in [1.54, 1.807) is 60.7 Å². The van der Waals surface area contributed by atoms with Crippen LogP contribution >= 0.6 is 0 Å². The van der Waals surface area contributed by atoms with Crippen molar-refractivity contribution in [3.8, 4) is 17.2 Å². The molecule has 0 bridgehead atoms. The normalized spacial score (nSPS) is 10.2. The Balaban J connectivity index is 1.98. The lowest BCUT2D eigenvalue weighted by Gasteiger charge is -2.15. The summed E-state index contributed by atoms with van der Waals surface area (Å²) in [6.07, 6.45) is 0.0791. The number of ether oxygens (including phenoxy) is 3. The molecule has 0 atom stereocenters. The van der Waals surface area contributed by atoms with Gasteiger partial charge in [0.1, 0.15) is 5.78 Å². The molecular formula is C24H20O6. The molecular weight excluding hydrogens is 384 g/mol. The molecule has 0 aliphatic rings. The smallest absolute Gasteiger partial charge is 0.343 e. The molecule has 0 saturated carbocycles. The van der Waals surface area contributed by atoms with Gasteiger partial charge < -0.3 is 14.2 Å². The molecule has 0 aromatic heterocycles. The summed E-state index contributed by atoms with van der Waals surface area (Å²) in [6.45, 7) is 1.44. The zero-order chi connectivity index (χ0) is 21.5. The first kappa shape index (κ1) is 20.8. The Labute approximate surface area is 174 Å². The molecule has 0 saturated heterocycles. The average molecular weight is 404 g/mol. The number of hydrogen-bond donors (Lipinski definition) is 0. The predicted octanol–water partition coefficient (Wildman–Crippen LogP) is 4.27. The topological polar surface area (TPSA) is 78.9 Å². The van der Waals surface area contributed by atoms with Crippen LogP contribution in [0.15, 0.2) is 72.8 Å². The van der Waals surface area contributed by atoms with Crippen LogP contribution in [0.5, 0.6) is 17.2 Å². The van der Waals surface area contributed by atoms with Gasteiger partial charge in [0, 0.05) is 6.42 Å². The number of Topliss-reactive ketones (excluding diaryl/α,β-unsaturated/α-hetero) is 1. The molecule has 0 unspecified atom stereocenters. The lowest BCUT2D eigenvalue weighted by molar-refractivity contribution is -0.116.